The van der Waals surface area contributed by atoms with E-state index in [1.807, 2.05) is 31.2 Å². The lowest BCUT2D eigenvalue weighted by atomic mass is 9.93. The van der Waals surface area contributed by atoms with Gasteiger partial charge in [-0.2, -0.15) is 5.26 Å². The average molecular weight is 374 g/mol. The van der Waals surface area contributed by atoms with Gasteiger partial charge < -0.3 is 5.73 Å². The number of hydrogen-bond donors (Lipinski definition) is 1. The number of benzene rings is 2. The summed E-state index contributed by atoms with van der Waals surface area (Å²) in [5.74, 6) is 0.206. The molecule has 6 heteroatoms. The SMILES string of the molecule is CN1C(=O)C[C@@](C)(c2cc3cccc(-c4cccc(C#N)c4)c3s2)N=C1N. The number of guanidine groups is 1. The van der Waals surface area contributed by atoms with Crippen molar-refractivity contribution in [2.45, 2.75) is 18.9 Å². The first kappa shape index (κ1) is 17.3. The van der Waals surface area contributed by atoms with Crippen LogP contribution in [-0.4, -0.2) is 23.8 Å². The highest BCUT2D eigenvalue weighted by Gasteiger charge is 2.37. The van der Waals surface area contributed by atoms with Crippen LogP contribution in [0.4, 0.5) is 0 Å². The number of nitriles is 1. The van der Waals surface area contributed by atoms with Crippen LogP contribution in [0.3, 0.4) is 0 Å². The van der Waals surface area contributed by atoms with Crippen molar-refractivity contribution >= 4 is 33.3 Å². The van der Waals surface area contributed by atoms with Crippen LogP contribution in [0.1, 0.15) is 23.8 Å². The van der Waals surface area contributed by atoms with Gasteiger partial charge in [0.15, 0.2) is 5.96 Å². The molecule has 1 amide bonds. The van der Waals surface area contributed by atoms with Gasteiger partial charge in [0.2, 0.25) is 5.91 Å². The van der Waals surface area contributed by atoms with Gasteiger partial charge in [-0.15, -0.1) is 11.3 Å². The van der Waals surface area contributed by atoms with Gasteiger partial charge in [0.05, 0.1) is 18.1 Å². The highest BCUT2D eigenvalue weighted by molar-refractivity contribution is 7.19. The van der Waals surface area contributed by atoms with E-state index in [2.05, 4.69) is 29.3 Å². The normalized spacial score (nSPS) is 19.8. The van der Waals surface area contributed by atoms with E-state index in [0.717, 1.165) is 26.1 Å². The minimum Gasteiger partial charge on any atom is -0.369 e. The van der Waals surface area contributed by atoms with E-state index < -0.39 is 5.54 Å². The van der Waals surface area contributed by atoms with E-state index in [1.54, 1.807) is 24.5 Å². The molecule has 0 saturated carbocycles. The Balaban J connectivity index is 1.87. The molecule has 0 aliphatic carbocycles. The maximum absolute atomic E-state index is 12.3. The zero-order chi connectivity index (χ0) is 19.2. The predicted octanol–water partition coefficient (Wildman–Crippen LogP) is 3.83. The van der Waals surface area contributed by atoms with Crippen molar-refractivity contribution in [3.05, 3.63) is 59.0 Å². The van der Waals surface area contributed by atoms with Gasteiger partial charge >= 0.3 is 0 Å². The first-order valence-corrected chi connectivity index (χ1v) is 9.38. The van der Waals surface area contributed by atoms with Crippen molar-refractivity contribution in [1.82, 2.24) is 4.90 Å². The van der Waals surface area contributed by atoms with Crippen LogP contribution in [0.15, 0.2) is 53.5 Å². The van der Waals surface area contributed by atoms with Gasteiger partial charge in [0, 0.05) is 16.6 Å². The lowest BCUT2D eigenvalue weighted by Crippen LogP contribution is -2.47. The maximum Gasteiger partial charge on any atom is 0.231 e. The number of carbonyl (C=O) groups excluding carboxylic acids is 1. The molecule has 27 heavy (non-hydrogen) atoms. The molecule has 4 rings (SSSR count). The molecule has 2 N–H and O–H groups in total. The molecule has 1 atom stereocenters. The smallest absolute Gasteiger partial charge is 0.231 e. The second-order valence-corrected chi connectivity index (χ2v) is 7.95. The van der Waals surface area contributed by atoms with Gasteiger partial charge in [-0.05, 0) is 41.6 Å². The van der Waals surface area contributed by atoms with E-state index in [0.29, 0.717) is 5.56 Å². The molecule has 0 radical (unpaired) electrons. The Kier molecular flexibility index (Phi) is 3.97. The zero-order valence-corrected chi connectivity index (χ0v) is 15.9. The molecule has 0 fully saturated rings. The summed E-state index contributed by atoms with van der Waals surface area (Å²) in [7, 11) is 1.64. The fraction of sp³-hybridized carbons (Fsp3) is 0.190. The Bertz CT molecular complexity index is 1140. The van der Waals surface area contributed by atoms with E-state index in [1.165, 1.54) is 4.90 Å². The summed E-state index contributed by atoms with van der Waals surface area (Å²) in [6.45, 7) is 1.95. The first-order valence-electron chi connectivity index (χ1n) is 8.57. The van der Waals surface area contributed by atoms with E-state index in [9.17, 15) is 10.1 Å². The van der Waals surface area contributed by atoms with Crippen LogP contribution in [0, 0.1) is 11.3 Å². The number of nitrogens with zero attached hydrogens (tertiary/aromatic N) is 3. The molecule has 0 spiro atoms. The third-order valence-electron chi connectivity index (χ3n) is 4.95. The molecular formula is C21H18N4OS. The highest BCUT2D eigenvalue weighted by Crippen LogP contribution is 2.42. The number of nitrogens with two attached hydrogens (primary N) is 1. The first-order chi connectivity index (χ1) is 12.9. The van der Waals surface area contributed by atoms with Crippen molar-refractivity contribution in [3.63, 3.8) is 0 Å². The topological polar surface area (TPSA) is 82.5 Å². The lowest BCUT2D eigenvalue weighted by molar-refractivity contribution is -0.128. The second kappa shape index (κ2) is 6.22. The number of thiophene rings is 1. The monoisotopic (exact) mass is 374 g/mol. The molecule has 0 unspecified atom stereocenters. The Hall–Kier alpha value is -3.17. The van der Waals surface area contributed by atoms with Crippen LogP contribution in [0.2, 0.25) is 0 Å². The van der Waals surface area contributed by atoms with E-state index in [4.69, 9.17) is 5.73 Å². The van der Waals surface area contributed by atoms with Gasteiger partial charge in [0.1, 0.15) is 5.54 Å². The molecular weight excluding hydrogens is 356 g/mol. The summed E-state index contributed by atoms with van der Waals surface area (Å²) in [6.07, 6.45) is 0.288. The molecule has 0 bridgehead atoms. The minimum absolute atomic E-state index is 0.0376. The number of carbonyl (C=O) groups is 1. The highest BCUT2D eigenvalue weighted by atomic mass is 32.1. The summed E-state index contributed by atoms with van der Waals surface area (Å²) >= 11 is 1.63. The molecule has 3 aromatic rings. The number of aliphatic imine (C=N–C) groups is 1. The molecule has 134 valence electrons. The van der Waals surface area contributed by atoms with E-state index >= 15 is 0 Å². The second-order valence-electron chi connectivity index (χ2n) is 6.90. The molecule has 1 aliphatic heterocycles. The largest absolute Gasteiger partial charge is 0.369 e. The molecule has 2 heterocycles. The van der Waals surface area contributed by atoms with Gasteiger partial charge in [-0.3, -0.25) is 9.69 Å². The third-order valence-corrected chi connectivity index (χ3v) is 6.39. The number of amides is 1. The summed E-state index contributed by atoms with van der Waals surface area (Å²) in [5.41, 5.74) is 8.00. The van der Waals surface area contributed by atoms with E-state index in [-0.39, 0.29) is 18.3 Å². The number of rotatable bonds is 2. The van der Waals surface area contributed by atoms with Crippen LogP contribution in [0.25, 0.3) is 21.2 Å². The van der Waals surface area contributed by atoms with Crippen LogP contribution in [0.5, 0.6) is 0 Å². The van der Waals surface area contributed by atoms with Crippen molar-refractivity contribution in [3.8, 4) is 17.2 Å². The summed E-state index contributed by atoms with van der Waals surface area (Å²) in [5, 5.41) is 10.3. The minimum atomic E-state index is -0.664. The summed E-state index contributed by atoms with van der Waals surface area (Å²) in [4.78, 5) is 19.3. The van der Waals surface area contributed by atoms with Gasteiger partial charge in [0.25, 0.3) is 0 Å². The van der Waals surface area contributed by atoms with Crippen LogP contribution >= 0.6 is 11.3 Å². The Labute approximate surface area is 161 Å². The lowest BCUT2D eigenvalue weighted by Gasteiger charge is -2.32. The standard InChI is InChI=1S/C21H18N4OS/c1-21(11-18(26)25(2)20(23)24-21)17-10-15-7-4-8-16(19(15)27-17)14-6-3-5-13(9-14)12-22/h3-10H,11H2,1-2H3,(H2,23,24)/t21-/m0/s1. The average Bonchev–Trinajstić information content (AvgIpc) is 3.11. The predicted molar refractivity (Wildman–Crippen MR) is 108 cm³/mol. The van der Waals surface area contributed by atoms with Gasteiger partial charge in [-0.25, -0.2) is 4.99 Å². The zero-order valence-electron chi connectivity index (χ0n) is 15.1. The Morgan fingerprint density at radius 1 is 1.26 bits per heavy atom. The van der Waals surface area contributed by atoms with Crippen LogP contribution < -0.4 is 5.73 Å². The molecule has 5 nitrogen and oxygen atoms in total. The molecule has 1 aliphatic rings. The van der Waals surface area contributed by atoms with Crippen molar-refractivity contribution in [1.29, 1.82) is 5.26 Å². The Morgan fingerprint density at radius 2 is 2.04 bits per heavy atom. The Morgan fingerprint density at radius 3 is 2.78 bits per heavy atom. The fourth-order valence-corrected chi connectivity index (χ4v) is 4.65. The molecule has 2 aromatic carbocycles. The summed E-state index contributed by atoms with van der Waals surface area (Å²) < 4.78 is 1.11. The van der Waals surface area contributed by atoms with Crippen molar-refractivity contribution in [2.75, 3.05) is 7.05 Å². The third kappa shape index (κ3) is 2.86. The summed E-state index contributed by atoms with van der Waals surface area (Å²) in [6, 6.07) is 18.0. The van der Waals surface area contributed by atoms with Gasteiger partial charge in [-0.1, -0.05) is 30.3 Å². The fourth-order valence-electron chi connectivity index (χ4n) is 3.36. The molecule has 0 saturated heterocycles. The number of hydrogen-bond acceptors (Lipinski definition) is 5. The van der Waals surface area contributed by atoms with Crippen molar-refractivity contribution in [2.24, 2.45) is 10.7 Å². The number of fused-ring (bicyclic) bond motifs is 1. The molecule has 1 aromatic heterocycles. The van der Waals surface area contributed by atoms with Crippen molar-refractivity contribution < 1.29 is 4.79 Å². The maximum atomic E-state index is 12.3. The quantitative estimate of drug-likeness (QED) is 0.740. The van der Waals surface area contributed by atoms with Crippen LogP contribution in [-0.2, 0) is 10.3 Å².